The van der Waals surface area contributed by atoms with Gasteiger partial charge in [-0.15, -0.1) is 35.3 Å². The summed E-state index contributed by atoms with van der Waals surface area (Å²) < 4.78 is 5.20. The molecule has 0 radical (unpaired) electrons. The molecule has 2 heterocycles. The number of nitrogens with zero attached hydrogens (tertiary/aromatic N) is 3. The average molecular weight is 500 g/mol. The Bertz CT molecular complexity index is 683. The van der Waals surface area contributed by atoms with Gasteiger partial charge in [0.2, 0.25) is 0 Å². The number of rotatable bonds is 6. The molecule has 1 fully saturated rings. The van der Waals surface area contributed by atoms with Crippen LogP contribution in [-0.2, 0) is 6.42 Å². The molecule has 0 unspecified atom stereocenters. The predicted octanol–water partition coefficient (Wildman–Crippen LogP) is 3.70. The van der Waals surface area contributed by atoms with Crippen LogP contribution in [0.5, 0.6) is 5.75 Å². The molecule has 0 atom stereocenters. The van der Waals surface area contributed by atoms with Gasteiger partial charge in [0.15, 0.2) is 5.96 Å². The van der Waals surface area contributed by atoms with E-state index in [0.717, 1.165) is 57.3 Å². The molecule has 27 heavy (non-hydrogen) atoms. The Morgan fingerprint density at radius 3 is 2.48 bits per heavy atom. The van der Waals surface area contributed by atoms with E-state index >= 15 is 0 Å². The molecule has 148 valence electrons. The number of aryl methyl sites for hydroxylation is 1. The molecule has 0 spiro atoms. The summed E-state index contributed by atoms with van der Waals surface area (Å²) in [5.41, 5.74) is 1.34. The second kappa shape index (κ2) is 11.4. The molecular weight excluding hydrogens is 471 g/mol. The van der Waals surface area contributed by atoms with Gasteiger partial charge in [-0.1, -0.05) is 12.1 Å². The quantitative estimate of drug-likeness (QED) is 0.284. The van der Waals surface area contributed by atoms with Crippen molar-refractivity contribution >= 4 is 46.3 Å². The zero-order valence-corrected chi connectivity index (χ0v) is 19.2. The Balaban J connectivity index is 0.00000261. The number of methoxy groups -OCH3 is 1. The van der Waals surface area contributed by atoms with Crippen LogP contribution in [-0.4, -0.2) is 57.7 Å². The highest BCUT2D eigenvalue weighted by atomic mass is 127. The highest BCUT2D eigenvalue weighted by Gasteiger charge is 2.19. The van der Waals surface area contributed by atoms with Crippen molar-refractivity contribution in [2.24, 2.45) is 4.99 Å². The van der Waals surface area contributed by atoms with Gasteiger partial charge in [0.25, 0.3) is 0 Å². The van der Waals surface area contributed by atoms with Crippen LogP contribution in [0.15, 0.2) is 46.8 Å². The van der Waals surface area contributed by atoms with Crippen LogP contribution in [0.1, 0.15) is 12.0 Å². The molecule has 3 rings (SSSR count). The van der Waals surface area contributed by atoms with Gasteiger partial charge < -0.3 is 19.9 Å². The van der Waals surface area contributed by atoms with E-state index in [1.165, 1.54) is 10.6 Å². The van der Waals surface area contributed by atoms with E-state index in [4.69, 9.17) is 4.74 Å². The number of anilines is 1. The van der Waals surface area contributed by atoms with Crippen LogP contribution < -0.4 is 15.0 Å². The van der Waals surface area contributed by atoms with Crippen molar-refractivity contribution in [3.8, 4) is 5.75 Å². The van der Waals surface area contributed by atoms with Crippen LogP contribution >= 0.6 is 35.3 Å². The van der Waals surface area contributed by atoms with Gasteiger partial charge in [-0.2, -0.15) is 0 Å². The van der Waals surface area contributed by atoms with E-state index in [1.807, 2.05) is 30.5 Å². The smallest absolute Gasteiger partial charge is 0.193 e. The maximum atomic E-state index is 5.20. The number of aliphatic imine (C=N–C) groups is 1. The second-order valence-corrected chi connectivity index (χ2v) is 7.28. The maximum absolute atomic E-state index is 5.20. The van der Waals surface area contributed by atoms with Gasteiger partial charge in [0.05, 0.1) is 12.1 Å². The number of guanidine groups is 1. The van der Waals surface area contributed by atoms with Crippen molar-refractivity contribution in [1.82, 2.24) is 10.2 Å². The first kappa shape index (κ1) is 21.8. The molecule has 2 aromatic rings. The number of piperazine rings is 1. The summed E-state index contributed by atoms with van der Waals surface area (Å²) in [5, 5.41) is 7.03. The summed E-state index contributed by atoms with van der Waals surface area (Å²) in [5.74, 6) is 1.93. The average Bonchev–Trinajstić information content (AvgIpc) is 3.24. The zero-order chi connectivity index (χ0) is 18.2. The molecule has 0 amide bonds. The number of hydrogen-bond acceptors (Lipinski definition) is 4. The van der Waals surface area contributed by atoms with Crippen molar-refractivity contribution in [1.29, 1.82) is 0 Å². The lowest BCUT2D eigenvalue weighted by Crippen LogP contribution is -2.52. The number of thiophene rings is 1. The Kier molecular flexibility index (Phi) is 9.20. The molecule has 1 aromatic carbocycles. The third kappa shape index (κ3) is 6.27. The largest absolute Gasteiger partial charge is 0.497 e. The molecule has 1 N–H and O–H groups in total. The lowest BCUT2D eigenvalue weighted by atomic mass is 10.1. The summed E-state index contributed by atoms with van der Waals surface area (Å²) in [6.45, 7) is 5.05. The molecule has 0 saturated carbocycles. The van der Waals surface area contributed by atoms with Gasteiger partial charge >= 0.3 is 0 Å². The Morgan fingerprint density at radius 1 is 1.15 bits per heavy atom. The fraction of sp³-hybridized carbons (Fsp3) is 0.450. The Hall–Kier alpha value is -1.48. The maximum Gasteiger partial charge on any atom is 0.193 e. The van der Waals surface area contributed by atoms with E-state index in [-0.39, 0.29) is 24.0 Å². The lowest BCUT2D eigenvalue weighted by Gasteiger charge is -2.37. The molecule has 1 saturated heterocycles. The summed E-state index contributed by atoms with van der Waals surface area (Å²) in [6.07, 6.45) is 2.14. The van der Waals surface area contributed by atoms with Crippen molar-refractivity contribution < 1.29 is 4.74 Å². The van der Waals surface area contributed by atoms with E-state index in [2.05, 4.69) is 49.8 Å². The predicted molar refractivity (Wildman–Crippen MR) is 126 cm³/mol. The zero-order valence-electron chi connectivity index (χ0n) is 16.1. The molecule has 5 nitrogen and oxygen atoms in total. The van der Waals surface area contributed by atoms with Crippen molar-refractivity contribution in [3.05, 3.63) is 47.3 Å². The number of ether oxygens (including phenoxy) is 1. The molecule has 0 bridgehead atoms. The van der Waals surface area contributed by atoms with Crippen molar-refractivity contribution in [2.75, 3.05) is 51.8 Å². The van der Waals surface area contributed by atoms with E-state index < -0.39 is 0 Å². The van der Waals surface area contributed by atoms with Gasteiger partial charge in [-0.05, 0) is 48.1 Å². The van der Waals surface area contributed by atoms with E-state index in [0.29, 0.717) is 0 Å². The standard InChI is InChI=1S/C20H28N4OS.HI/c1-21-20(22-11-3-5-17-7-9-18(25-2)10-8-17)24-14-12-23(13-15-24)19-6-4-16-26-19;/h4,6-10,16H,3,5,11-15H2,1-2H3,(H,21,22);1H. The molecule has 1 aromatic heterocycles. The molecular formula is C20H29IN4OS. The molecule has 0 aliphatic carbocycles. The highest BCUT2D eigenvalue weighted by molar-refractivity contribution is 14.0. The van der Waals surface area contributed by atoms with Gasteiger partial charge in [0.1, 0.15) is 5.75 Å². The number of hydrogen-bond donors (Lipinski definition) is 1. The monoisotopic (exact) mass is 500 g/mol. The Morgan fingerprint density at radius 2 is 1.89 bits per heavy atom. The van der Waals surface area contributed by atoms with Crippen LogP contribution in [0.2, 0.25) is 0 Å². The number of halogens is 1. The summed E-state index contributed by atoms with van der Waals surface area (Å²) in [6, 6.07) is 12.6. The van der Waals surface area contributed by atoms with Crippen molar-refractivity contribution in [3.63, 3.8) is 0 Å². The first-order chi connectivity index (χ1) is 12.8. The SMILES string of the molecule is CN=C(NCCCc1ccc(OC)cc1)N1CCN(c2cccs2)CC1.I. The molecule has 1 aliphatic heterocycles. The fourth-order valence-corrected chi connectivity index (χ4v) is 3.99. The number of benzene rings is 1. The van der Waals surface area contributed by atoms with Crippen LogP contribution in [0.3, 0.4) is 0 Å². The minimum absolute atomic E-state index is 0. The van der Waals surface area contributed by atoms with Gasteiger partial charge in [0, 0.05) is 39.8 Å². The topological polar surface area (TPSA) is 40.1 Å². The normalized spacial score (nSPS) is 14.7. The summed E-state index contributed by atoms with van der Waals surface area (Å²) >= 11 is 1.82. The van der Waals surface area contributed by atoms with E-state index in [9.17, 15) is 0 Å². The third-order valence-electron chi connectivity index (χ3n) is 4.69. The van der Waals surface area contributed by atoms with Crippen LogP contribution in [0, 0.1) is 0 Å². The molecule has 7 heteroatoms. The van der Waals surface area contributed by atoms with E-state index in [1.54, 1.807) is 7.11 Å². The lowest BCUT2D eigenvalue weighted by molar-refractivity contribution is 0.373. The van der Waals surface area contributed by atoms with Gasteiger partial charge in [-0.3, -0.25) is 4.99 Å². The van der Waals surface area contributed by atoms with Gasteiger partial charge in [-0.25, -0.2) is 0 Å². The van der Waals surface area contributed by atoms with Crippen LogP contribution in [0.4, 0.5) is 5.00 Å². The minimum atomic E-state index is 0. The highest BCUT2D eigenvalue weighted by Crippen LogP contribution is 2.22. The fourth-order valence-electron chi connectivity index (χ4n) is 3.21. The third-order valence-corrected chi connectivity index (χ3v) is 5.62. The molecule has 1 aliphatic rings. The second-order valence-electron chi connectivity index (χ2n) is 6.35. The number of nitrogens with one attached hydrogen (secondary N) is 1. The first-order valence-corrected chi connectivity index (χ1v) is 10.0. The Labute approximate surface area is 183 Å². The summed E-state index contributed by atoms with van der Waals surface area (Å²) in [7, 11) is 3.57. The minimum Gasteiger partial charge on any atom is -0.497 e. The first-order valence-electron chi connectivity index (χ1n) is 9.17. The summed E-state index contributed by atoms with van der Waals surface area (Å²) in [4.78, 5) is 9.28. The van der Waals surface area contributed by atoms with Crippen molar-refractivity contribution in [2.45, 2.75) is 12.8 Å². The van der Waals surface area contributed by atoms with Crippen LogP contribution in [0.25, 0.3) is 0 Å².